The van der Waals surface area contributed by atoms with E-state index in [0.29, 0.717) is 19.5 Å². The average Bonchev–Trinajstić information content (AvgIpc) is 3.16. The average molecular weight is 394 g/mol. The third-order valence-corrected chi connectivity index (χ3v) is 7.16. The van der Waals surface area contributed by atoms with E-state index in [-0.39, 0.29) is 35.8 Å². The molecule has 2 fully saturated rings. The van der Waals surface area contributed by atoms with E-state index in [1.54, 1.807) is 16.8 Å². The van der Waals surface area contributed by atoms with Crippen molar-refractivity contribution in [3.05, 3.63) is 29.8 Å². The molecule has 2 aliphatic rings. The van der Waals surface area contributed by atoms with Gasteiger partial charge in [-0.3, -0.25) is 9.59 Å². The molecule has 1 aromatic rings. The van der Waals surface area contributed by atoms with Crippen molar-refractivity contribution < 1.29 is 18.0 Å². The molecule has 148 valence electrons. The van der Waals surface area contributed by atoms with E-state index in [1.165, 1.54) is 0 Å². The predicted molar refractivity (Wildman–Crippen MR) is 104 cm³/mol. The second-order valence-corrected chi connectivity index (χ2v) is 9.99. The number of nitrogens with zero attached hydrogens (tertiary/aromatic N) is 3. The van der Waals surface area contributed by atoms with Crippen molar-refractivity contribution in [1.82, 2.24) is 9.80 Å². The third kappa shape index (κ3) is 4.43. The first kappa shape index (κ1) is 19.7. The van der Waals surface area contributed by atoms with Crippen LogP contribution in [0.5, 0.6) is 0 Å². The smallest absolute Gasteiger partial charge is 0.228 e. The normalized spacial score (nSPS) is 24.3. The minimum absolute atomic E-state index is 0.0215. The van der Waals surface area contributed by atoms with Crippen LogP contribution in [0.1, 0.15) is 18.4 Å². The minimum atomic E-state index is -3.05. The molecule has 27 heavy (non-hydrogen) atoms. The number of carbonyl (C=O) groups excluding carboxylic acids is 2. The Morgan fingerprint density at radius 3 is 2.41 bits per heavy atom. The van der Waals surface area contributed by atoms with E-state index >= 15 is 0 Å². The molecule has 7 nitrogen and oxygen atoms in total. The molecule has 3 rings (SSSR count). The molecule has 0 spiro atoms. The Hall–Kier alpha value is -2.09. The number of hydrogen-bond donors (Lipinski definition) is 0. The van der Waals surface area contributed by atoms with Gasteiger partial charge in [-0.15, -0.1) is 0 Å². The molecular weight excluding hydrogens is 366 g/mol. The van der Waals surface area contributed by atoms with Crippen LogP contribution in [-0.2, 0) is 26.0 Å². The number of anilines is 1. The van der Waals surface area contributed by atoms with Crippen molar-refractivity contribution in [2.75, 3.05) is 44.1 Å². The quantitative estimate of drug-likeness (QED) is 0.738. The summed E-state index contributed by atoms with van der Waals surface area (Å²) in [6.07, 6.45) is 0.641. The summed E-state index contributed by atoms with van der Waals surface area (Å²) in [6, 6.07) is 7.73. The van der Waals surface area contributed by atoms with E-state index in [0.717, 1.165) is 11.3 Å². The Morgan fingerprint density at radius 1 is 1.19 bits per heavy atom. The maximum atomic E-state index is 12.8. The van der Waals surface area contributed by atoms with Crippen LogP contribution in [0.25, 0.3) is 0 Å². The largest absolute Gasteiger partial charge is 0.378 e. The molecule has 8 heteroatoms. The summed E-state index contributed by atoms with van der Waals surface area (Å²) in [5.41, 5.74) is 2.12. The summed E-state index contributed by atoms with van der Waals surface area (Å²) >= 11 is 0. The molecule has 0 aliphatic carbocycles. The van der Waals surface area contributed by atoms with Gasteiger partial charge >= 0.3 is 0 Å². The minimum Gasteiger partial charge on any atom is -0.378 e. The van der Waals surface area contributed by atoms with Crippen LogP contribution in [0.3, 0.4) is 0 Å². The second kappa shape index (κ2) is 7.50. The SMILES string of the molecule is CN(Cc1ccc(N(C)C)cc1)C(=O)[C@H]1CC(=O)N([C@H]2CCS(=O)(=O)C2)C1. The fraction of sp³-hybridized carbons (Fsp3) is 0.579. The maximum absolute atomic E-state index is 12.8. The maximum Gasteiger partial charge on any atom is 0.228 e. The summed E-state index contributed by atoms with van der Waals surface area (Å²) in [7, 11) is 2.64. The highest BCUT2D eigenvalue weighted by atomic mass is 32.2. The van der Waals surface area contributed by atoms with Gasteiger partial charge in [0.25, 0.3) is 0 Å². The summed E-state index contributed by atoms with van der Waals surface area (Å²) in [6.45, 7) is 0.802. The lowest BCUT2D eigenvalue weighted by Gasteiger charge is -2.24. The number of rotatable bonds is 5. The lowest BCUT2D eigenvalue weighted by Crippen LogP contribution is -2.39. The summed E-state index contributed by atoms with van der Waals surface area (Å²) in [5, 5.41) is 0. The van der Waals surface area contributed by atoms with Crippen molar-refractivity contribution in [2.24, 2.45) is 5.92 Å². The number of sulfone groups is 1. The van der Waals surface area contributed by atoms with Crippen LogP contribution in [-0.4, -0.2) is 75.3 Å². The first-order valence-corrected chi connectivity index (χ1v) is 11.0. The molecule has 1 aromatic carbocycles. The second-order valence-electron chi connectivity index (χ2n) is 7.76. The number of carbonyl (C=O) groups is 2. The molecule has 0 aromatic heterocycles. The Balaban J connectivity index is 1.59. The Bertz CT molecular complexity index is 820. The highest BCUT2D eigenvalue weighted by molar-refractivity contribution is 7.91. The summed E-state index contributed by atoms with van der Waals surface area (Å²) in [5.74, 6) is -0.425. The van der Waals surface area contributed by atoms with Gasteiger partial charge in [-0.2, -0.15) is 0 Å². The number of likely N-dealkylation sites (tertiary alicyclic amines) is 1. The summed E-state index contributed by atoms with van der Waals surface area (Å²) in [4.78, 5) is 30.4. The van der Waals surface area contributed by atoms with Gasteiger partial charge in [0.1, 0.15) is 0 Å². The molecule has 0 bridgehead atoms. The fourth-order valence-corrected chi connectivity index (χ4v) is 5.56. The third-order valence-electron chi connectivity index (χ3n) is 5.41. The lowest BCUT2D eigenvalue weighted by molar-refractivity contribution is -0.135. The number of benzene rings is 1. The zero-order valence-corrected chi connectivity index (χ0v) is 16.9. The number of hydrogen-bond acceptors (Lipinski definition) is 5. The van der Waals surface area contributed by atoms with Gasteiger partial charge in [-0.25, -0.2) is 8.42 Å². The molecule has 2 aliphatic heterocycles. The predicted octanol–water partition coefficient (Wildman–Crippen LogP) is 0.747. The van der Waals surface area contributed by atoms with E-state index in [1.807, 2.05) is 43.3 Å². The molecule has 0 saturated carbocycles. The molecule has 2 heterocycles. The topological polar surface area (TPSA) is 78.0 Å². The zero-order chi connectivity index (χ0) is 19.8. The standard InChI is InChI=1S/C19H27N3O4S/c1-20(2)16-6-4-14(5-7-16)11-21(3)19(24)15-10-18(23)22(12-15)17-8-9-27(25,26)13-17/h4-7,15,17H,8-13H2,1-3H3/t15-,17-/m0/s1. The van der Waals surface area contributed by atoms with Crippen molar-refractivity contribution in [3.63, 3.8) is 0 Å². The van der Waals surface area contributed by atoms with Crippen molar-refractivity contribution >= 4 is 27.3 Å². The van der Waals surface area contributed by atoms with Crippen molar-refractivity contribution in [3.8, 4) is 0 Å². The first-order chi connectivity index (χ1) is 12.7. The van der Waals surface area contributed by atoms with Gasteiger partial charge in [-0.05, 0) is 24.1 Å². The molecule has 0 unspecified atom stereocenters. The van der Waals surface area contributed by atoms with E-state index < -0.39 is 15.8 Å². The van der Waals surface area contributed by atoms with Gasteiger partial charge in [0.15, 0.2) is 9.84 Å². The van der Waals surface area contributed by atoms with Gasteiger partial charge in [-0.1, -0.05) is 12.1 Å². The number of amides is 2. The Kier molecular flexibility index (Phi) is 5.46. The van der Waals surface area contributed by atoms with Crippen LogP contribution in [0.2, 0.25) is 0 Å². The molecule has 0 radical (unpaired) electrons. The highest BCUT2D eigenvalue weighted by Crippen LogP contribution is 2.27. The van der Waals surface area contributed by atoms with Crippen molar-refractivity contribution in [1.29, 1.82) is 0 Å². The van der Waals surface area contributed by atoms with E-state index in [2.05, 4.69) is 0 Å². The molecular formula is C19H27N3O4S. The molecule has 0 N–H and O–H groups in total. The van der Waals surface area contributed by atoms with Crippen LogP contribution in [0.15, 0.2) is 24.3 Å². The molecule has 2 amide bonds. The van der Waals surface area contributed by atoms with Gasteiger partial charge in [0, 0.05) is 52.4 Å². The highest BCUT2D eigenvalue weighted by Gasteiger charge is 2.42. The molecule has 2 atom stereocenters. The van der Waals surface area contributed by atoms with Gasteiger partial charge in [0.2, 0.25) is 11.8 Å². The van der Waals surface area contributed by atoms with E-state index in [9.17, 15) is 18.0 Å². The Morgan fingerprint density at radius 2 is 1.85 bits per heavy atom. The van der Waals surface area contributed by atoms with Crippen molar-refractivity contribution in [2.45, 2.75) is 25.4 Å². The van der Waals surface area contributed by atoms with E-state index in [4.69, 9.17) is 0 Å². The lowest BCUT2D eigenvalue weighted by atomic mass is 10.1. The Labute approximate surface area is 160 Å². The van der Waals surface area contributed by atoms with Crippen LogP contribution < -0.4 is 4.90 Å². The van der Waals surface area contributed by atoms with Gasteiger partial charge in [0.05, 0.1) is 17.4 Å². The monoisotopic (exact) mass is 393 g/mol. The molecule has 2 saturated heterocycles. The van der Waals surface area contributed by atoms with Crippen LogP contribution in [0, 0.1) is 5.92 Å². The fourth-order valence-electron chi connectivity index (χ4n) is 3.83. The summed E-state index contributed by atoms with van der Waals surface area (Å²) < 4.78 is 23.4. The van der Waals surface area contributed by atoms with Crippen LogP contribution >= 0.6 is 0 Å². The van der Waals surface area contributed by atoms with Gasteiger partial charge < -0.3 is 14.7 Å². The zero-order valence-electron chi connectivity index (χ0n) is 16.1. The first-order valence-electron chi connectivity index (χ1n) is 9.17. The van der Waals surface area contributed by atoms with Crippen LogP contribution in [0.4, 0.5) is 5.69 Å².